The van der Waals surface area contributed by atoms with Crippen LogP contribution < -0.4 is 5.73 Å². The van der Waals surface area contributed by atoms with Crippen molar-refractivity contribution in [1.29, 1.82) is 0 Å². The topological polar surface area (TPSA) is 26.0 Å². The van der Waals surface area contributed by atoms with E-state index in [0.717, 1.165) is 0 Å². The Morgan fingerprint density at radius 2 is 1.80 bits per heavy atom. The summed E-state index contributed by atoms with van der Waals surface area (Å²) in [7, 11) is 0. The molecule has 2 N–H and O–H groups in total. The minimum absolute atomic E-state index is 0. The maximum absolute atomic E-state index is 4.84. The zero-order chi connectivity index (χ0) is 3.58. The molecular formula is C2H5NPbS. The number of hydrogen-bond acceptors (Lipinski definition) is 1. The maximum atomic E-state index is 4.84. The normalized spacial score (nSPS) is 5.00. The van der Waals surface area contributed by atoms with Gasteiger partial charge in [-0.05, 0) is 6.92 Å². The van der Waals surface area contributed by atoms with E-state index < -0.39 is 0 Å². The first-order valence-electron chi connectivity index (χ1n) is 0.993. The van der Waals surface area contributed by atoms with Gasteiger partial charge in [-0.3, -0.25) is 0 Å². The molecule has 0 heterocycles. The summed E-state index contributed by atoms with van der Waals surface area (Å²) in [5, 5.41) is 0. The number of rotatable bonds is 0. The van der Waals surface area contributed by atoms with Crippen molar-refractivity contribution in [3.63, 3.8) is 0 Å². The summed E-state index contributed by atoms with van der Waals surface area (Å²) in [4.78, 5) is 0.500. The predicted molar refractivity (Wildman–Crippen MR) is 28.2 cm³/mol. The molecular weight excluding hydrogens is 277 g/mol. The van der Waals surface area contributed by atoms with Crippen LogP contribution in [-0.4, -0.2) is 32.3 Å². The average Bonchev–Trinajstić information content (AvgIpc) is 0.811. The first-order valence-corrected chi connectivity index (χ1v) is 1.40. The molecule has 0 fully saturated rings. The van der Waals surface area contributed by atoms with E-state index in [0.29, 0.717) is 4.99 Å². The molecule has 0 aliphatic rings. The molecule has 4 radical (unpaired) electrons. The Bertz CT molecular complexity index is 32.6. The van der Waals surface area contributed by atoms with Crippen molar-refractivity contribution in [2.24, 2.45) is 5.73 Å². The fraction of sp³-hybridized carbons (Fsp3) is 0.500. The second-order valence-corrected chi connectivity index (χ2v) is 1.25. The summed E-state index contributed by atoms with van der Waals surface area (Å²) >= 11 is 4.31. The molecule has 0 spiro atoms. The third-order valence-corrected chi connectivity index (χ3v) is 0. The van der Waals surface area contributed by atoms with Gasteiger partial charge in [0, 0.05) is 27.3 Å². The van der Waals surface area contributed by atoms with Gasteiger partial charge in [0.15, 0.2) is 0 Å². The van der Waals surface area contributed by atoms with Gasteiger partial charge in [0.25, 0.3) is 0 Å². The average molecular weight is 282 g/mol. The summed E-state index contributed by atoms with van der Waals surface area (Å²) < 4.78 is 0. The Morgan fingerprint density at radius 1 is 1.80 bits per heavy atom. The smallest absolute Gasteiger partial charge is 0.0695 e. The van der Waals surface area contributed by atoms with E-state index in [2.05, 4.69) is 12.2 Å². The van der Waals surface area contributed by atoms with Crippen LogP contribution in [-0.2, 0) is 0 Å². The molecule has 0 aromatic heterocycles. The zero-order valence-corrected chi connectivity index (χ0v) is 7.69. The first-order chi connectivity index (χ1) is 1.73. The first kappa shape index (κ1) is 9.26. The Morgan fingerprint density at radius 3 is 1.80 bits per heavy atom. The molecule has 0 bridgehead atoms. The molecule has 28 valence electrons. The van der Waals surface area contributed by atoms with E-state index >= 15 is 0 Å². The molecule has 0 aromatic carbocycles. The van der Waals surface area contributed by atoms with Gasteiger partial charge in [-0.2, -0.15) is 0 Å². The van der Waals surface area contributed by atoms with E-state index in [9.17, 15) is 0 Å². The van der Waals surface area contributed by atoms with Crippen LogP contribution in [0.3, 0.4) is 0 Å². The van der Waals surface area contributed by atoms with Gasteiger partial charge in [-0.1, -0.05) is 12.2 Å². The molecule has 1 nitrogen and oxygen atoms in total. The molecule has 0 rings (SSSR count). The molecule has 0 aliphatic carbocycles. The van der Waals surface area contributed by atoms with Crippen molar-refractivity contribution in [3.8, 4) is 0 Å². The van der Waals surface area contributed by atoms with Gasteiger partial charge in [0.1, 0.15) is 0 Å². The second kappa shape index (κ2) is 4.81. The number of hydrogen-bond donors (Lipinski definition) is 1. The van der Waals surface area contributed by atoms with Gasteiger partial charge in [-0.15, -0.1) is 0 Å². The quantitative estimate of drug-likeness (QED) is 0.496. The summed E-state index contributed by atoms with van der Waals surface area (Å²) in [5.74, 6) is 0. The van der Waals surface area contributed by atoms with Crippen LogP contribution in [0.15, 0.2) is 0 Å². The zero-order valence-electron chi connectivity index (χ0n) is 2.99. The fourth-order valence-electron chi connectivity index (χ4n) is 0. The van der Waals surface area contributed by atoms with Crippen molar-refractivity contribution < 1.29 is 0 Å². The predicted octanol–water partition coefficient (Wildman–Crippen LogP) is -0.0884. The third kappa shape index (κ3) is 57.7. The van der Waals surface area contributed by atoms with Crippen LogP contribution in [0.1, 0.15) is 6.92 Å². The van der Waals surface area contributed by atoms with Crippen molar-refractivity contribution in [1.82, 2.24) is 0 Å². The fourth-order valence-corrected chi connectivity index (χ4v) is 0. The number of thiocarbonyl (C=S) groups is 1. The van der Waals surface area contributed by atoms with Crippen molar-refractivity contribution in [3.05, 3.63) is 0 Å². The molecule has 0 saturated heterocycles. The molecule has 0 aliphatic heterocycles. The SMILES string of the molecule is CC(N)=S.[Pb]. The van der Waals surface area contributed by atoms with Gasteiger partial charge in [-0.25, -0.2) is 0 Å². The van der Waals surface area contributed by atoms with Crippen molar-refractivity contribution in [2.75, 3.05) is 0 Å². The van der Waals surface area contributed by atoms with E-state index in [1.54, 1.807) is 6.92 Å². The van der Waals surface area contributed by atoms with Gasteiger partial charge >= 0.3 is 0 Å². The molecule has 0 aromatic rings. The summed E-state index contributed by atoms with van der Waals surface area (Å²) in [6.07, 6.45) is 0. The Labute approximate surface area is 57.1 Å². The standard InChI is InChI=1S/C2H5NS.Pb/c1-2(3)4;/h1H3,(H2,3,4);. The van der Waals surface area contributed by atoms with E-state index in [1.165, 1.54) is 0 Å². The number of nitrogens with two attached hydrogens (primary N) is 1. The van der Waals surface area contributed by atoms with Gasteiger partial charge in [0.2, 0.25) is 0 Å². The monoisotopic (exact) mass is 283 g/mol. The van der Waals surface area contributed by atoms with E-state index in [4.69, 9.17) is 5.73 Å². The molecule has 5 heavy (non-hydrogen) atoms. The summed E-state index contributed by atoms with van der Waals surface area (Å²) in [6, 6.07) is 0. The molecule has 0 saturated carbocycles. The van der Waals surface area contributed by atoms with Crippen LogP contribution in [0.5, 0.6) is 0 Å². The van der Waals surface area contributed by atoms with Crippen LogP contribution in [0, 0.1) is 0 Å². The van der Waals surface area contributed by atoms with Crippen LogP contribution in [0.4, 0.5) is 0 Å². The molecule has 0 amide bonds. The van der Waals surface area contributed by atoms with E-state index in [1.807, 2.05) is 0 Å². The van der Waals surface area contributed by atoms with Crippen molar-refractivity contribution >= 4 is 44.5 Å². The van der Waals surface area contributed by atoms with Crippen LogP contribution in [0.2, 0.25) is 0 Å². The summed E-state index contributed by atoms with van der Waals surface area (Å²) in [6.45, 7) is 1.68. The minimum Gasteiger partial charge on any atom is -0.394 e. The summed E-state index contributed by atoms with van der Waals surface area (Å²) in [5.41, 5.74) is 4.84. The maximum Gasteiger partial charge on any atom is 0.0695 e. The van der Waals surface area contributed by atoms with Gasteiger partial charge in [0.05, 0.1) is 4.99 Å². The second-order valence-electron chi connectivity index (χ2n) is 0.611. The minimum atomic E-state index is 0. The Balaban J connectivity index is 0. The van der Waals surface area contributed by atoms with Crippen LogP contribution in [0.25, 0.3) is 0 Å². The van der Waals surface area contributed by atoms with Crippen molar-refractivity contribution in [2.45, 2.75) is 6.92 Å². The van der Waals surface area contributed by atoms with Gasteiger partial charge < -0.3 is 5.73 Å². The molecule has 0 unspecified atom stereocenters. The molecule has 0 atom stereocenters. The largest absolute Gasteiger partial charge is 0.394 e. The Kier molecular flexibility index (Phi) is 8.91. The third-order valence-electron chi connectivity index (χ3n) is 0. The van der Waals surface area contributed by atoms with Crippen LogP contribution >= 0.6 is 12.2 Å². The van der Waals surface area contributed by atoms with E-state index in [-0.39, 0.29) is 27.3 Å². The Hall–Kier alpha value is 0.812. The molecule has 3 heteroatoms.